The first kappa shape index (κ1) is 11.9. The summed E-state index contributed by atoms with van der Waals surface area (Å²) in [5.41, 5.74) is 0.265. The number of rotatable bonds is 4. The number of hydrogen-bond donors (Lipinski definition) is 2. The second-order valence-electron chi connectivity index (χ2n) is 5.67. The van der Waals surface area contributed by atoms with Gasteiger partial charge in [0, 0.05) is 11.6 Å². The molecule has 16 heavy (non-hydrogen) atoms. The van der Waals surface area contributed by atoms with E-state index < -0.39 is 0 Å². The van der Waals surface area contributed by atoms with Crippen LogP contribution in [0.5, 0.6) is 0 Å². The zero-order valence-electron chi connectivity index (χ0n) is 10.3. The van der Waals surface area contributed by atoms with Crippen LogP contribution < -0.4 is 10.6 Å². The van der Waals surface area contributed by atoms with Gasteiger partial charge in [0.1, 0.15) is 0 Å². The quantitative estimate of drug-likeness (QED) is 0.717. The Labute approximate surface area is 98.4 Å². The molecule has 0 bridgehead atoms. The van der Waals surface area contributed by atoms with Crippen molar-refractivity contribution < 1.29 is 4.79 Å². The van der Waals surface area contributed by atoms with Gasteiger partial charge in [0.05, 0.1) is 6.54 Å². The highest BCUT2D eigenvalue weighted by Crippen LogP contribution is 2.33. The van der Waals surface area contributed by atoms with Gasteiger partial charge in [-0.3, -0.25) is 4.79 Å². The fourth-order valence-electron chi connectivity index (χ4n) is 2.36. The van der Waals surface area contributed by atoms with Gasteiger partial charge in [-0.05, 0) is 32.6 Å². The van der Waals surface area contributed by atoms with Crippen molar-refractivity contribution in [3.05, 3.63) is 0 Å². The summed E-state index contributed by atoms with van der Waals surface area (Å²) in [5.74, 6) is 0.181. The minimum absolute atomic E-state index is 0.181. The first-order valence-corrected chi connectivity index (χ1v) is 6.72. The van der Waals surface area contributed by atoms with Gasteiger partial charge in [0.15, 0.2) is 0 Å². The molecule has 2 N–H and O–H groups in total. The van der Waals surface area contributed by atoms with Gasteiger partial charge < -0.3 is 10.6 Å². The van der Waals surface area contributed by atoms with Crippen LogP contribution in [0.15, 0.2) is 0 Å². The largest absolute Gasteiger partial charge is 0.352 e. The summed E-state index contributed by atoms with van der Waals surface area (Å²) in [4.78, 5) is 11.7. The smallest absolute Gasteiger partial charge is 0.234 e. The standard InChI is InChI=1S/C13H24N2O/c1-13(8-9-13)14-10-12(16)15-11-6-4-2-3-5-7-11/h11,14H,2-10H2,1H3,(H,15,16). The molecule has 3 nitrogen and oxygen atoms in total. The summed E-state index contributed by atoms with van der Waals surface area (Å²) in [6, 6.07) is 0.434. The number of carbonyl (C=O) groups is 1. The molecule has 2 aliphatic carbocycles. The maximum Gasteiger partial charge on any atom is 0.234 e. The molecule has 0 saturated heterocycles. The van der Waals surface area contributed by atoms with Crippen LogP contribution in [0.4, 0.5) is 0 Å². The number of hydrogen-bond acceptors (Lipinski definition) is 2. The van der Waals surface area contributed by atoms with Gasteiger partial charge in [0.2, 0.25) is 5.91 Å². The lowest BCUT2D eigenvalue weighted by Crippen LogP contribution is -2.43. The number of carbonyl (C=O) groups excluding carboxylic acids is 1. The molecule has 0 spiro atoms. The third-order valence-corrected chi connectivity index (χ3v) is 3.90. The highest BCUT2D eigenvalue weighted by molar-refractivity contribution is 5.78. The van der Waals surface area contributed by atoms with E-state index in [0.717, 1.165) is 0 Å². The molecule has 0 aliphatic heterocycles. The van der Waals surface area contributed by atoms with E-state index in [-0.39, 0.29) is 11.4 Å². The van der Waals surface area contributed by atoms with Crippen molar-refractivity contribution in [1.29, 1.82) is 0 Å². The molecule has 2 rings (SSSR count). The van der Waals surface area contributed by atoms with Crippen molar-refractivity contribution in [3.8, 4) is 0 Å². The molecule has 0 radical (unpaired) electrons. The number of amides is 1. The van der Waals surface area contributed by atoms with E-state index in [1.807, 2.05) is 0 Å². The lowest BCUT2D eigenvalue weighted by atomic mass is 10.1. The predicted molar refractivity (Wildman–Crippen MR) is 65.3 cm³/mol. The fraction of sp³-hybridized carbons (Fsp3) is 0.923. The van der Waals surface area contributed by atoms with Crippen LogP contribution in [0.1, 0.15) is 58.3 Å². The maximum absolute atomic E-state index is 11.7. The molecule has 0 unspecified atom stereocenters. The summed E-state index contributed by atoms with van der Waals surface area (Å²) in [7, 11) is 0. The van der Waals surface area contributed by atoms with Gasteiger partial charge in [-0.15, -0.1) is 0 Å². The summed E-state index contributed by atoms with van der Waals surface area (Å²) in [5, 5.41) is 6.48. The minimum Gasteiger partial charge on any atom is -0.352 e. The van der Waals surface area contributed by atoms with Crippen molar-refractivity contribution in [2.45, 2.75) is 69.9 Å². The first-order chi connectivity index (χ1) is 7.68. The summed E-state index contributed by atoms with van der Waals surface area (Å²) in [6.07, 6.45) is 9.98. The monoisotopic (exact) mass is 224 g/mol. The van der Waals surface area contributed by atoms with Crippen molar-refractivity contribution in [3.63, 3.8) is 0 Å². The van der Waals surface area contributed by atoms with Crippen molar-refractivity contribution in [2.24, 2.45) is 0 Å². The Morgan fingerprint density at radius 3 is 2.38 bits per heavy atom. The Hall–Kier alpha value is -0.570. The molecule has 2 aliphatic rings. The highest BCUT2D eigenvalue weighted by atomic mass is 16.2. The van der Waals surface area contributed by atoms with Crippen LogP contribution in [0.3, 0.4) is 0 Å². The van der Waals surface area contributed by atoms with E-state index >= 15 is 0 Å². The maximum atomic E-state index is 11.7. The molecular formula is C13H24N2O. The summed E-state index contributed by atoms with van der Waals surface area (Å²) >= 11 is 0. The second kappa shape index (κ2) is 5.17. The van der Waals surface area contributed by atoms with E-state index in [1.54, 1.807) is 0 Å². The van der Waals surface area contributed by atoms with Crippen LogP contribution in [0.2, 0.25) is 0 Å². The van der Waals surface area contributed by atoms with Crippen LogP contribution in [0.25, 0.3) is 0 Å². The van der Waals surface area contributed by atoms with E-state index in [9.17, 15) is 4.79 Å². The molecule has 0 aromatic carbocycles. The molecule has 92 valence electrons. The normalized spacial score (nSPS) is 24.8. The van der Waals surface area contributed by atoms with Crippen molar-refractivity contribution >= 4 is 5.91 Å². The summed E-state index contributed by atoms with van der Waals surface area (Å²) < 4.78 is 0. The Balaban J connectivity index is 1.65. The molecule has 1 amide bonds. The van der Waals surface area contributed by atoms with Crippen LogP contribution >= 0.6 is 0 Å². The zero-order chi connectivity index (χ0) is 11.4. The molecular weight excluding hydrogens is 200 g/mol. The predicted octanol–water partition coefficient (Wildman–Crippen LogP) is 1.97. The average molecular weight is 224 g/mol. The summed E-state index contributed by atoms with van der Waals surface area (Å²) in [6.45, 7) is 2.68. The van der Waals surface area contributed by atoms with E-state index in [2.05, 4.69) is 17.6 Å². The van der Waals surface area contributed by atoms with Crippen LogP contribution in [0, 0.1) is 0 Å². The van der Waals surface area contributed by atoms with Crippen molar-refractivity contribution in [1.82, 2.24) is 10.6 Å². The third kappa shape index (κ3) is 3.78. The van der Waals surface area contributed by atoms with Crippen molar-refractivity contribution in [2.75, 3.05) is 6.54 Å². The van der Waals surface area contributed by atoms with Crippen LogP contribution in [-0.4, -0.2) is 24.0 Å². The van der Waals surface area contributed by atoms with Gasteiger partial charge >= 0.3 is 0 Å². The van der Waals surface area contributed by atoms with Gasteiger partial charge in [0.25, 0.3) is 0 Å². The Bertz CT molecular complexity index is 240. The van der Waals surface area contributed by atoms with E-state index in [1.165, 1.54) is 51.4 Å². The molecule has 0 aromatic heterocycles. The second-order valence-corrected chi connectivity index (χ2v) is 5.67. The van der Waals surface area contributed by atoms with E-state index in [4.69, 9.17) is 0 Å². The van der Waals surface area contributed by atoms with Gasteiger partial charge in [-0.25, -0.2) is 0 Å². The lowest BCUT2D eigenvalue weighted by Gasteiger charge is -2.17. The van der Waals surface area contributed by atoms with Gasteiger partial charge in [-0.1, -0.05) is 25.7 Å². The Morgan fingerprint density at radius 1 is 1.19 bits per heavy atom. The van der Waals surface area contributed by atoms with Gasteiger partial charge in [-0.2, -0.15) is 0 Å². The molecule has 2 saturated carbocycles. The lowest BCUT2D eigenvalue weighted by molar-refractivity contribution is -0.121. The minimum atomic E-state index is 0.181. The third-order valence-electron chi connectivity index (χ3n) is 3.90. The zero-order valence-corrected chi connectivity index (χ0v) is 10.3. The Kier molecular flexibility index (Phi) is 3.85. The number of nitrogens with one attached hydrogen (secondary N) is 2. The van der Waals surface area contributed by atoms with E-state index in [0.29, 0.717) is 12.6 Å². The molecule has 0 atom stereocenters. The topological polar surface area (TPSA) is 41.1 Å². The Morgan fingerprint density at radius 2 is 1.81 bits per heavy atom. The van der Waals surface area contributed by atoms with Crippen LogP contribution in [-0.2, 0) is 4.79 Å². The molecule has 2 fully saturated rings. The fourth-order valence-corrected chi connectivity index (χ4v) is 2.36. The molecule has 3 heteroatoms. The first-order valence-electron chi connectivity index (χ1n) is 6.72. The SMILES string of the molecule is CC1(NCC(=O)NC2CCCCCC2)CC1. The molecule has 0 aromatic rings. The highest BCUT2D eigenvalue weighted by Gasteiger charge is 2.36. The molecule has 0 heterocycles. The average Bonchev–Trinajstić information content (AvgIpc) is 3.02.